The van der Waals surface area contributed by atoms with Crippen molar-refractivity contribution in [3.05, 3.63) is 23.2 Å². The van der Waals surface area contributed by atoms with Gasteiger partial charge in [0, 0.05) is 6.20 Å². The molecule has 0 fully saturated rings. The van der Waals surface area contributed by atoms with Gasteiger partial charge in [0.1, 0.15) is 17.4 Å². The number of hydrogen-bond acceptors (Lipinski definition) is 3. The van der Waals surface area contributed by atoms with Gasteiger partial charge in [0.05, 0.1) is 5.56 Å². The van der Waals surface area contributed by atoms with Gasteiger partial charge in [-0.2, -0.15) is 0 Å². The lowest BCUT2D eigenvalue weighted by Crippen LogP contribution is -2.10. The number of aromatic nitrogens is 3. The molecule has 66 valence electrons. The maximum Gasteiger partial charge on any atom is 0.252 e. The lowest BCUT2D eigenvalue weighted by atomic mass is 10.3. The highest BCUT2D eigenvalue weighted by Crippen LogP contribution is 2.20. The van der Waals surface area contributed by atoms with Crippen LogP contribution in [0.4, 0.5) is 0 Å². The fraction of sp³-hybridized carbons (Fsp3) is 0. The molecule has 3 N–H and O–H groups in total. The normalized spacial score (nSPS) is 10.5. The summed E-state index contributed by atoms with van der Waals surface area (Å²) in [5.41, 5.74) is 6.41. The smallest absolute Gasteiger partial charge is 0.252 e. The Bertz CT molecular complexity index is 478. The van der Waals surface area contributed by atoms with Gasteiger partial charge >= 0.3 is 0 Å². The zero-order valence-electron chi connectivity index (χ0n) is 6.41. The van der Waals surface area contributed by atoms with Gasteiger partial charge in [0.15, 0.2) is 5.15 Å². The van der Waals surface area contributed by atoms with Crippen molar-refractivity contribution >= 4 is 28.5 Å². The van der Waals surface area contributed by atoms with Gasteiger partial charge in [-0.15, -0.1) is 0 Å². The van der Waals surface area contributed by atoms with Crippen LogP contribution >= 0.6 is 11.6 Å². The number of carbonyl (C=O) groups excluding carboxylic acids is 1. The van der Waals surface area contributed by atoms with Crippen LogP contribution in [0.1, 0.15) is 10.4 Å². The highest BCUT2D eigenvalue weighted by Gasteiger charge is 2.11. The number of H-pyrrole nitrogens is 1. The Morgan fingerprint density at radius 1 is 1.54 bits per heavy atom. The zero-order chi connectivity index (χ0) is 9.42. The topological polar surface area (TPSA) is 84.7 Å². The molecule has 0 aliphatic heterocycles. The van der Waals surface area contributed by atoms with E-state index in [4.69, 9.17) is 17.3 Å². The first kappa shape index (κ1) is 8.00. The van der Waals surface area contributed by atoms with Gasteiger partial charge in [0.2, 0.25) is 0 Å². The summed E-state index contributed by atoms with van der Waals surface area (Å²) in [7, 11) is 0. The summed E-state index contributed by atoms with van der Waals surface area (Å²) in [6, 6.07) is 0. The number of fused-ring (bicyclic) bond motifs is 1. The molecular weight excluding hydrogens is 192 g/mol. The average Bonchev–Trinajstić information content (AvgIpc) is 2.48. The van der Waals surface area contributed by atoms with Crippen molar-refractivity contribution in [3.8, 4) is 0 Å². The summed E-state index contributed by atoms with van der Waals surface area (Å²) in [6.45, 7) is 0. The van der Waals surface area contributed by atoms with Crippen LogP contribution in [0.15, 0.2) is 12.5 Å². The van der Waals surface area contributed by atoms with Crippen LogP contribution in [0.25, 0.3) is 11.0 Å². The zero-order valence-corrected chi connectivity index (χ0v) is 7.17. The molecule has 0 aromatic carbocycles. The minimum Gasteiger partial charge on any atom is -0.365 e. The van der Waals surface area contributed by atoms with Crippen LogP contribution in [0.5, 0.6) is 0 Å². The van der Waals surface area contributed by atoms with E-state index in [0.717, 1.165) is 0 Å². The standard InChI is InChI=1S/C7H5ClN4O/c8-6-5-4(11-2-12-6)3(1-10-5)7(9)13/h1-2,10H,(H2,9,13). The maximum absolute atomic E-state index is 10.9. The largest absolute Gasteiger partial charge is 0.365 e. The van der Waals surface area contributed by atoms with Crippen LogP contribution in [-0.2, 0) is 0 Å². The summed E-state index contributed by atoms with van der Waals surface area (Å²) in [5.74, 6) is -0.541. The van der Waals surface area contributed by atoms with Gasteiger partial charge in [-0.3, -0.25) is 4.79 Å². The van der Waals surface area contributed by atoms with Crippen molar-refractivity contribution in [2.45, 2.75) is 0 Å². The number of nitrogens with zero attached hydrogens (tertiary/aromatic N) is 2. The Morgan fingerprint density at radius 2 is 2.31 bits per heavy atom. The average molecular weight is 197 g/mol. The lowest BCUT2D eigenvalue weighted by molar-refractivity contribution is 0.100. The molecule has 0 unspecified atom stereocenters. The number of rotatable bonds is 1. The van der Waals surface area contributed by atoms with Gasteiger partial charge in [0.25, 0.3) is 5.91 Å². The van der Waals surface area contributed by atoms with Gasteiger partial charge in [-0.05, 0) is 0 Å². The van der Waals surface area contributed by atoms with Gasteiger partial charge in [-0.1, -0.05) is 11.6 Å². The predicted octanol–water partition coefficient (Wildman–Crippen LogP) is 0.710. The van der Waals surface area contributed by atoms with Crippen LogP contribution in [0, 0.1) is 0 Å². The molecule has 1 amide bonds. The number of halogens is 1. The van der Waals surface area contributed by atoms with Crippen molar-refractivity contribution in [2.75, 3.05) is 0 Å². The van der Waals surface area contributed by atoms with Crippen molar-refractivity contribution in [2.24, 2.45) is 5.73 Å². The van der Waals surface area contributed by atoms with Crippen molar-refractivity contribution in [1.29, 1.82) is 0 Å². The van der Waals surface area contributed by atoms with E-state index < -0.39 is 5.91 Å². The SMILES string of the molecule is NC(=O)c1c[nH]c2c(Cl)ncnc12. The third-order valence-electron chi connectivity index (χ3n) is 1.68. The first-order chi connectivity index (χ1) is 6.20. The third kappa shape index (κ3) is 1.13. The van der Waals surface area contributed by atoms with Crippen molar-refractivity contribution in [1.82, 2.24) is 15.0 Å². The second-order valence-electron chi connectivity index (χ2n) is 2.45. The fourth-order valence-electron chi connectivity index (χ4n) is 1.10. The molecule has 0 saturated heterocycles. The van der Waals surface area contributed by atoms with E-state index in [1.54, 1.807) is 0 Å². The molecule has 0 aliphatic carbocycles. The molecule has 5 nitrogen and oxygen atoms in total. The second kappa shape index (κ2) is 2.70. The maximum atomic E-state index is 10.9. The Labute approximate surface area is 77.9 Å². The first-order valence-electron chi connectivity index (χ1n) is 3.47. The van der Waals surface area contributed by atoms with E-state index >= 15 is 0 Å². The molecule has 0 spiro atoms. The summed E-state index contributed by atoms with van der Waals surface area (Å²) in [5, 5.41) is 0.275. The quantitative estimate of drug-likeness (QED) is 0.659. The molecule has 0 aliphatic rings. The molecule has 0 atom stereocenters. The summed E-state index contributed by atoms with van der Waals surface area (Å²) < 4.78 is 0. The highest BCUT2D eigenvalue weighted by molar-refractivity contribution is 6.34. The van der Waals surface area contributed by atoms with E-state index in [9.17, 15) is 4.79 Å². The Hall–Kier alpha value is -1.62. The molecule has 2 rings (SSSR count). The molecule has 0 bridgehead atoms. The summed E-state index contributed by atoms with van der Waals surface area (Å²) >= 11 is 5.74. The molecule has 2 heterocycles. The monoisotopic (exact) mass is 196 g/mol. The summed E-state index contributed by atoms with van der Waals surface area (Å²) in [4.78, 5) is 21.3. The number of primary amides is 1. The van der Waals surface area contributed by atoms with Crippen LogP contribution in [0.2, 0.25) is 5.15 Å². The Morgan fingerprint density at radius 3 is 3.00 bits per heavy atom. The molecule has 0 saturated carbocycles. The highest BCUT2D eigenvalue weighted by atomic mass is 35.5. The van der Waals surface area contributed by atoms with Crippen LogP contribution < -0.4 is 5.73 Å². The van der Waals surface area contributed by atoms with E-state index in [-0.39, 0.29) is 5.15 Å². The third-order valence-corrected chi connectivity index (χ3v) is 1.97. The van der Waals surface area contributed by atoms with E-state index in [1.165, 1.54) is 12.5 Å². The van der Waals surface area contributed by atoms with Crippen LogP contribution in [0.3, 0.4) is 0 Å². The molecule has 2 aromatic heterocycles. The van der Waals surface area contributed by atoms with Crippen LogP contribution in [-0.4, -0.2) is 20.9 Å². The van der Waals surface area contributed by atoms with E-state index in [1.807, 2.05) is 0 Å². The number of nitrogens with one attached hydrogen (secondary N) is 1. The van der Waals surface area contributed by atoms with Crippen molar-refractivity contribution < 1.29 is 4.79 Å². The predicted molar refractivity (Wildman–Crippen MR) is 47.4 cm³/mol. The van der Waals surface area contributed by atoms with Gasteiger partial charge < -0.3 is 10.7 Å². The first-order valence-corrected chi connectivity index (χ1v) is 3.85. The molecule has 6 heteroatoms. The fourth-order valence-corrected chi connectivity index (χ4v) is 1.28. The number of aromatic amines is 1. The summed E-state index contributed by atoms with van der Waals surface area (Å²) in [6.07, 6.45) is 2.75. The number of carbonyl (C=O) groups is 1. The molecule has 2 aromatic rings. The Kier molecular flexibility index (Phi) is 1.66. The molecule has 0 radical (unpaired) electrons. The number of nitrogens with two attached hydrogens (primary N) is 1. The molecular formula is C7H5ClN4O. The van der Waals surface area contributed by atoms with Gasteiger partial charge in [-0.25, -0.2) is 9.97 Å². The van der Waals surface area contributed by atoms with E-state index in [0.29, 0.717) is 16.6 Å². The Balaban J connectivity index is 2.83. The van der Waals surface area contributed by atoms with Crippen molar-refractivity contribution in [3.63, 3.8) is 0 Å². The minimum atomic E-state index is -0.541. The minimum absolute atomic E-state index is 0.275. The second-order valence-corrected chi connectivity index (χ2v) is 2.81. The van der Waals surface area contributed by atoms with E-state index in [2.05, 4.69) is 15.0 Å². The lowest BCUT2D eigenvalue weighted by Gasteiger charge is -1.92. The number of amides is 1. The number of hydrogen-bond donors (Lipinski definition) is 2. The molecule has 13 heavy (non-hydrogen) atoms.